The Hall–Kier alpha value is -2.27. The molecule has 0 spiro atoms. The van der Waals surface area contributed by atoms with E-state index < -0.39 is 0 Å². The number of hydrogen-bond acceptors (Lipinski definition) is 5. The largest absolute Gasteiger partial charge is 0.493 e. The molecule has 20 heavy (non-hydrogen) atoms. The quantitative estimate of drug-likeness (QED) is 0.365. The molecule has 0 aromatic heterocycles. The molecule has 0 saturated heterocycles. The van der Waals surface area contributed by atoms with E-state index in [1.54, 1.807) is 13.3 Å². The molecule has 5 nitrogen and oxygen atoms in total. The minimum atomic E-state index is 0.0954. The summed E-state index contributed by atoms with van der Waals surface area (Å²) in [6.07, 6.45) is 2.15. The van der Waals surface area contributed by atoms with Gasteiger partial charge in [0.15, 0.2) is 11.5 Å². The fraction of sp³-hybridized carbons (Fsp3) is 0.267. The number of hydrogen-bond donors (Lipinski definition) is 2. The fourth-order valence-electron chi connectivity index (χ4n) is 2.00. The SMILES string of the molecule is COc1ccc2ccc(/C=N\N)cc2c1OCCCO. The lowest BCUT2D eigenvalue weighted by Crippen LogP contribution is -2.02. The van der Waals surface area contributed by atoms with Gasteiger partial charge in [-0.1, -0.05) is 18.2 Å². The van der Waals surface area contributed by atoms with Crippen LogP contribution >= 0.6 is 0 Å². The van der Waals surface area contributed by atoms with Gasteiger partial charge in [0.1, 0.15) is 0 Å². The lowest BCUT2D eigenvalue weighted by Gasteiger charge is -2.13. The summed E-state index contributed by atoms with van der Waals surface area (Å²) in [6, 6.07) is 9.69. The molecule has 0 unspecified atom stereocenters. The Morgan fingerprint density at radius 1 is 1.30 bits per heavy atom. The van der Waals surface area contributed by atoms with Gasteiger partial charge >= 0.3 is 0 Å². The zero-order valence-electron chi connectivity index (χ0n) is 11.4. The first kappa shape index (κ1) is 14.1. The molecule has 3 N–H and O–H groups in total. The molecule has 0 aliphatic rings. The first-order chi connectivity index (χ1) is 9.80. The first-order valence-electron chi connectivity index (χ1n) is 6.38. The predicted octanol–water partition coefficient (Wildman–Crippen LogP) is 1.90. The molecule has 2 rings (SSSR count). The van der Waals surface area contributed by atoms with Crippen molar-refractivity contribution in [3.8, 4) is 11.5 Å². The maximum atomic E-state index is 8.86. The van der Waals surface area contributed by atoms with Crippen LogP contribution in [0.1, 0.15) is 12.0 Å². The van der Waals surface area contributed by atoms with Gasteiger partial charge < -0.3 is 20.4 Å². The molecule has 0 fully saturated rings. The van der Waals surface area contributed by atoms with Crippen LogP contribution in [0.25, 0.3) is 10.8 Å². The minimum absolute atomic E-state index is 0.0954. The van der Waals surface area contributed by atoms with E-state index in [0.29, 0.717) is 24.5 Å². The molecule has 0 saturated carbocycles. The maximum absolute atomic E-state index is 8.86. The number of hydrazone groups is 1. The van der Waals surface area contributed by atoms with Gasteiger partial charge in [0.05, 0.1) is 19.9 Å². The zero-order chi connectivity index (χ0) is 14.4. The summed E-state index contributed by atoms with van der Waals surface area (Å²) >= 11 is 0. The second-order valence-corrected chi connectivity index (χ2v) is 4.28. The fourth-order valence-corrected chi connectivity index (χ4v) is 2.00. The number of methoxy groups -OCH3 is 1. The highest BCUT2D eigenvalue weighted by Crippen LogP contribution is 2.36. The third-order valence-electron chi connectivity index (χ3n) is 2.95. The van der Waals surface area contributed by atoms with E-state index in [2.05, 4.69) is 5.10 Å². The number of rotatable bonds is 6. The van der Waals surface area contributed by atoms with Crippen LogP contribution < -0.4 is 15.3 Å². The highest BCUT2D eigenvalue weighted by Gasteiger charge is 2.10. The number of nitrogens with two attached hydrogens (primary N) is 1. The molecule has 2 aromatic rings. The Morgan fingerprint density at radius 2 is 2.10 bits per heavy atom. The van der Waals surface area contributed by atoms with Crippen LogP contribution in [-0.4, -0.2) is 31.6 Å². The summed E-state index contributed by atoms with van der Waals surface area (Å²) in [5, 5.41) is 14.4. The van der Waals surface area contributed by atoms with E-state index in [-0.39, 0.29) is 6.61 Å². The second kappa shape index (κ2) is 6.77. The van der Waals surface area contributed by atoms with Crippen LogP contribution in [0.4, 0.5) is 0 Å². The van der Waals surface area contributed by atoms with Gasteiger partial charge in [-0.2, -0.15) is 5.10 Å². The topological polar surface area (TPSA) is 77.1 Å². The van der Waals surface area contributed by atoms with Gasteiger partial charge in [-0.05, 0) is 23.1 Å². The van der Waals surface area contributed by atoms with Gasteiger partial charge in [-0.3, -0.25) is 0 Å². The van der Waals surface area contributed by atoms with Crippen molar-refractivity contribution in [2.45, 2.75) is 6.42 Å². The Bertz CT molecular complexity index is 611. The monoisotopic (exact) mass is 274 g/mol. The van der Waals surface area contributed by atoms with E-state index in [4.69, 9.17) is 20.4 Å². The smallest absolute Gasteiger partial charge is 0.168 e. The number of ether oxygens (including phenoxy) is 2. The molecule has 106 valence electrons. The second-order valence-electron chi connectivity index (χ2n) is 4.28. The van der Waals surface area contributed by atoms with Crippen molar-refractivity contribution < 1.29 is 14.6 Å². The molecule has 0 heterocycles. The van der Waals surface area contributed by atoms with Crippen molar-refractivity contribution in [2.75, 3.05) is 20.3 Å². The molecule has 0 atom stereocenters. The molecule has 0 radical (unpaired) electrons. The third-order valence-corrected chi connectivity index (χ3v) is 2.95. The zero-order valence-corrected chi connectivity index (χ0v) is 11.4. The summed E-state index contributed by atoms with van der Waals surface area (Å²) < 4.78 is 11.1. The van der Waals surface area contributed by atoms with Crippen molar-refractivity contribution >= 4 is 17.0 Å². The third kappa shape index (κ3) is 3.00. The average Bonchev–Trinajstić information content (AvgIpc) is 2.48. The number of aliphatic hydroxyl groups is 1. The van der Waals surface area contributed by atoms with E-state index in [9.17, 15) is 0 Å². The first-order valence-corrected chi connectivity index (χ1v) is 6.38. The van der Waals surface area contributed by atoms with Crippen molar-refractivity contribution in [1.82, 2.24) is 0 Å². The average molecular weight is 274 g/mol. The van der Waals surface area contributed by atoms with Crippen LogP contribution in [0.3, 0.4) is 0 Å². The summed E-state index contributed by atoms with van der Waals surface area (Å²) in [7, 11) is 1.60. The summed E-state index contributed by atoms with van der Waals surface area (Å²) in [6.45, 7) is 0.527. The van der Waals surface area contributed by atoms with Gasteiger partial charge in [-0.25, -0.2) is 0 Å². The van der Waals surface area contributed by atoms with E-state index in [1.807, 2.05) is 30.3 Å². The maximum Gasteiger partial charge on any atom is 0.168 e. The highest BCUT2D eigenvalue weighted by molar-refractivity contribution is 5.95. The standard InChI is InChI=1S/C15H18N2O3/c1-19-14-6-5-12-4-3-11(10-17-16)9-13(12)15(14)20-8-2-7-18/h3-6,9-10,18H,2,7-8,16H2,1H3/b17-10-. The summed E-state index contributed by atoms with van der Waals surface area (Å²) in [5.74, 6) is 6.52. The Labute approximate surface area is 117 Å². The lowest BCUT2D eigenvalue weighted by atomic mass is 10.1. The molecule has 0 aliphatic carbocycles. The van der Waals surface area contributed by atoms with Crippen LogP contribution in [0.5, 0.6) is 11.5 Å². The molecular weight excluding hydrogens is 256 g/mol. The van der Waals surface area contributed by atoms with Gasteiger partial charge in [-0.15, -0.1) is 0 Å². The van der Waals surface area contributed by atoms with E-state index in [0.717, 1.165) is 16.3 Å². The number of nitrogens with zero attached hydrogens (tertiary/aromatic N) is 1. The molecule has 0 bridgehead atoms. The molecule has 0 aliphatic heterocycles. The number of benzene rings is 2. The Balaban J connectivity index is 2.49. The van der Waals surface area contributed by atoms with Crippen molar-refractivity contribution in [1.29, 1.82) is 0 Å². The van der Waals surface area contributed by atoms with E-state index >= 15 is 0 Å². The van der Waals surface area contributed by atoms with Crippen LogP contribution in [0, 0.1) is 0 Å². The lowest BCUT2D eigenvalue weighted by molar-refractivity contribution is 0.229. The minimum Gasteiger partial charge on any atom is -0.493 e. The normalized spacial score (nSPS) is 11.1. The van der Waals surface area contributed by atoms with Crippen LogP contribution in [0.2, 0.25) is 0 Å². The summed E-state index contributed by atoms with van der Waals surface area (Å²) in [5.41, 5.74) is 0.889. The van der Waals surface area contributed by atoms with Gasteiger partial charge in [0.2, 0.25) is 0 Å². The van der Waals surface area contributed by atoms with Crippen LogP contribution in [0.15, 0.2) is 35.4 Å². The predicted molar refractivity (Wildman–Crippen MR) is 79.5 cm³/mol. The Morgan fingerprint density at radius 3 is 2.80 bits per heavy atom. The van der Waals surface area contributed by atoms with Crippen LogP contribution in [-0.2, 0) is 0 Å². The molecule has 5 heteroatoms. The molecular formula is C15H18N2O3. The summed E-state index contributed by atoms with van der Waals surface area (Å²) in [4.78, 5) is 0. The Kier molecular flexibility index (Phi) is 4.79. The molecule has 0 amide bonds. The number of aliphatic hydroxyl groups excluding tert-OH is 1. The van der Waals surface area contributed by atoms with Gasteiger partial charge in [0.25, 0.3) is 0 Å². The van der Waals surface area contributed by atoms with Crippen molar-refractivity contribution in [3.63, 3.8) is 0 Å². The van der Waals surface area contributed by atoms with E-state index in [1.165, 1.54) is 0 Å². The van der Waals surface area contributed by atoms with Gasteiger partial charge in [0, 0.05) is 18.4 Å². The van der Waals surface area contributed by atoms with Crippen molar-refractivity contribution in [2.24, 2.45) is 10.9 Å². The van der Waals surface area contributed by atoms with Crippen molar-refractivity contribution in [3.05, 3.63) is 35.9 Å². The molecule has 2 aromatic carbocycles. The number of fused-ring (bicyclic) bond motifs is 1. The highest BCUT2D eigenvalue weighted by atomic mass is 16.5.